The molecule has 0 N–H and O–H groups in total. The molecular formula is C12H13F2NO2. The SMILES string of the molecule is C[C@H]1OC(=O)N(Cc2ccccc2)C1C(F)F. The molecule has 1 aliphatic heterocycles. The number of ether oxygens (including phenoxy) is 1. The average Bonchev–Trinajstić information content (AvgIpc) is 2.55. The molecule has 1 amide bonds. The molecule has 1 fully saturated rings. The second kappa shape index (κ2) is 4.69. The van der Waals surface area contributed by atoms with Crippen LogP contribution in [0, 0.1) is 0 Å². The van der Waals surface area contributed by atoms with Gasteiger partial charge in [0.1, 0.15) is 12.1 Å². The maximum absolute atomic E-state index is 12.8. The lowest BCUT2D eigenvalue weighted by Crippen LogP contribution is -2.40. The zero-order chi connectivity index (χ0) is 12.4. The highest BCUT2D eigenvalue weighted by Crippen LogP contribution is 2.26. The van der Waals surface area contributed by atoms with Crippen molar-refractivity contribution in [1.29, 1.82) is 0 Å². The summed E-state index contributed by atoms with van der Waals surface area (Å²) < 4.78 is 30.5. The highest BCUT2D eigenvalue weighted by Gasteiger charge is 2.44. The Bertz CT molecular complexity index is 397. The van der Waals surface area contributed by atoms with Gasteiger partial charge >= 0.3 is 6.09 Å². The summed E-state index contributed by atoms with van der Waals surface area (Å²) in [4.78, 5) is 12.6. The molecule has 0 spiro atoms. The molecule has 1 heterocycles. The molecule has 1 aromatic rings. The first kappa shape index (κ1) is 11.8. The lowest BCUT2D eigenvalue weighted by Gasteiger charge is -2.22. The lowest BCUT2D eigenvalue weighted by molar-refractivity contribution is 0.0357. The van der Waals surface area contributed by atoms with Crippen LogP contribution >= 0.6 is 0 Å². The van der Waals surface area contributed by atoms with Gasteiger partial charge < -0.3 is 4.74 Å². The Hall–Kier alpha value is -1.65. The number of nitrogens with zero attached hydrogens (tertiary/aromatic N) is 1. The summed E-state index contributed by atoms with van der Waals surface area (Å²) in [5, 5.41) is 0. The molecule has 2 atom stereocenters. The number of halogens is 2. The van der Waals surface area contributed by atoms with Gasteiger partial charge in [-0.25, -0.2) is 13.6 Å². The predicted molar refractivity (Wildman–Crippen MR) is 57.7 cm³/mol. The molecule has 0 saturated carbocycles. The monoisotopic (exact) mass is 241 g/mol. The topological polar surface area (TPSA) is 29.5 Å². The summed E-state index contributed by atoms with van der Waals surface area (Å²) in [5.74, 6) is 0. The molecule has 1 saturated heterocycles. The molecular weight excluding hydrogens is 228 g/mol. The molecule has 0 aliphatic carbocycles. The molecule has 5 heteroatoms. The minimum atomic E-state index is -2.60. The molecule has 92 valence electrons. The van der Waals surface area contributed by atoms with Crippen LogP contribution in [-0.4, -0.2) is 29.6 Å². The van der Waals surface area contributed by atoms with E-state index in [9.17, 15) is 13.6 Å². The van der Waals surface area contributed by atoms with Gasteiger partial charge in [0.15, 0.2) is 0 Å². The smallest absolute Gasteiger partial charge is 0.410 e. The highest BCUT2D eigenvalue weighted by molar-refractivity contribution is 5.70. The standard InChI is InChI=1S/C12H13F2NO2/c1-8-10(11(13)14)15(12(16)17-8)7-9-5-3-2-4-6-9/h2-6,8,10-11H,7H2,1H3/t8-,10?/m1/s1. The Balaban J connectivity index is 2.16. The fourth-order valence-electron chi connectivity index (χ4n) is 1.96. The van der Waals surface area contributed by atoms with E-state index in [4.69, 9.17) is 4.74 Å². The number of benzene rings is 1. The summed E-state index contributed by atoms with van der Waals surface area (Å²) in [5.41, 5.74) is 0.809. The molecule has 1 aromatic carbocycles. The van der Waals surface area contributed by atoms with E-state index in [2.05, 4.69) is 0 Å². The van der Waals surface area contributed by atoms with Crippen LogP contribution in [0.25, 0.3) is 0 Å². The number of carbonyl (C=O) groups excluding carboxylic acids is 1. The van der Waals surface area contributed by atoms with Crippen LogP contribution in [0.5, 0.6) is 0 Å². The van der Waals surface area contributed by atoms with Crippen molar-refractivity contribution in [3.8, 4) is 0 Å². The quantitative estimate of drug-likeness (QED) is 0.814. The number of alkyl halides is 2. The molecule has 0 bridgehead atoms. The molecule has 0 radical (unpaired) electrons. The predicted octanol–water partition coefficient (Wildman–Crippen LogP) is 2.66. The molecule has 0 aromatic heterocycles. The van der Waals surface area contributed by atoms with Crippen molar-refractivity contribution in [3.05, 3.63) is 35.9 Å². The van der Waals surface area contributed by atoms with Crippen LogP contribution in [0.15, 0.2) is 30.3 Å². The van der Waals surface area contributed by atoms with Gasteiger partial charge in [-0.05, 0) is 12.5 Å². The van der Waals surface area contributed by atoms with Crippen molar-refractivity contribution < 1.29 is 18.3 Å². The Morgan fingerprint density at radius 1 is 1.35 bits per heavy atom. The van der Waals surface area contributed by atoms with Crippen LogP contribution in [0.1, 0.15) is 12.5 Å². The Kier molecular flexibility index (Phi) is 3.26. The van der Waals surface area contributed by atoms with Crippen molar-refractivity contribution in [2.24, 2.45) is 0 Å². The zero-order valence-corrected chi connectivity index (χ0v) is 9.35. The Morgan fingerprint density at radius 2 is 2.00 bits per heavy atom. The fraction of sp³-hybridized carbons (Fsp3) is 0.417. The first-order valence-corrected chi connectivity index (χ1v) is 5.39. The zero-order valence-electron chi connectivity index (χ0n) is 9.35. The van der Waals surface area contributed by atoms with E-state index in [0.29, 0.717) is 0 Å². The summed E-state index contributed by atoms with van der Waals surface area (Å²) in [6.07, 6.45) is -4.04. The average molecular weight is 241 g/mol. The van der Waals surface area contributed by atoms with Gasteiger partial charge in [0.2, 0.25) is 0 Å². The summed E-state index contributed by atoms with van der Waals surface area (Å²) in [6, 6.07) is 7.86. The maximum Gasteiger partial charge on any atom is 0.410 e. The van der Waals surface area contributed by atoms with E-state index in [0.717, 1.165) is 10.5 Å². The molecule has 1 aliphatic rings. The van der Waals surface area contributed by atoms with Gasteiger partial charge in [0, 0.05) is 6.54 Å². The minimum absolute atomic E-state index is 0.152. The van der Waals surface area contributed by atoms with E-state index in [1.807, 2.05) is 6.07 Å². The van der Waals surface area contributed by atoms with Crippen molar-refractivity contribution >= 4 is 6.09 Å². The number of hydrogen-bond acceptors (Lipinski definition) is 2. The molecule has 17 heavy (non-hydrogen) atoms. The number of rotatable bonds is 3. The lowest BCUT2D eigenvalue weighted by atomic mass is 10.1. The highest BCUT2D eigenvalue weighted by atomic mass is 19.3. The van der Waals surface area contributed by atoms with Crippen molar-refractivity contribution in [2.75, 3.05) is 0 Å². The van der Waals surface area contributed by atoms with E-state index < -0.39 is 24.7 Å². The van der Waals surface area contributed by atoms with Crippen LogP contribution < -0.4 is 0 Å². The molecule has 2 rings (SSSR count). The van der Waals surface area contributed by atoms with E-state index >= 15 is 0 Å². The number of amides is 1. The van der Waals surface area contributed by atoms with Crippen molar-refractivity contribution in [3.63, 3.8) is 0 Å². The van der Waals surface area contributed by atoms with Crippen LogP contribution in [0.3, 0.4) is 0 Å². The minimum Gasteiger partial charge on any atom is -0.444 e. The van der Waals surface area contributed by atoms with Gasteiger partial charge in [0.25, 0.3) is 6.43 Å². The van der Waals surface area contributed by atoms with Crippen LogP contribution in [-0.2, 0) is 11.3 Å². The molecule has 1 unspecified atom stereocenters. The largest absolute Gasteiger partial charge is 0.444 e. The third-order valence-corrected chi connectivity index (χ3v) is 2.82. The van der Waals surface area contributed by atoms with Gasteiger partial charge in [0.05, 0.1) is 0 Å². The Morgan fingerprint density at radius 3 is 2.59 bits per heavy atom. The second-order valence-corrected chi connectivity index (χ2v) is 4.03. The summed E-state index contributed by atoms with van der Waals surface area (Å²) >= 11 is 0. The summed E-state index contributed by atoms with van der Waals surface area (Å²) in [6.45, 7) is 1.64. The van der Waals surface area contributed by atoms with Crippen LogP contribution in [0.4, 0.5) is 13.6 Å². The molecule has 3 nitrogen and oxygen atoms in total. The summed E-state index contributed by atoms with van der Waals surface area (Å²) in [7, 11) is 0. The first-order valence-electron chi connectivity index (χ1n) is 5.39. The second-order valence-electron chi connectivity index (χ2n) is 4.03. The maximum atomic E-state index is 12.8. The normalized spacial score (nSPS) is 24.2. The number of cyclic esters (lactones) is 1. The van der Waals surface area contributed by atoms with Gasteiger partial charge in [-0.1, -0.05) is 30.3 Å². The fourth-order valence-corrected chi connectivity index (χ4v) is 1.96. The van der Waals surface area contributed by atoms with Gasteiger partial charge in [-0.15, -0.1) is 0 Å². The Labute approximate surface area is 98.0 Å². The van der Waals surface area contributed by atoms with E-state index in [1.165, 1.54) is 6.92 Å². The van der Waals surface area contributed by atoms with E-state index in [-0.39, 0.29) is 6.54 Å². The third kappa shape index (κ3) is 2.38. The first-order chi connectivity index (χ1) is 8.09. The van der Waals surface area contributed by atoms with Crippen molar-refractivity contribution in [1.82, 2.24) is 4.90 Å². The number of hydrogen-bond donors (Lipinski definition) is 0. The van der Waals surface area contributed by atoms with Crippen molar-refractivity contribution in [2.45, 2.75) is 32.0 Å². The third-order valence-electron chi connectivity index (χ3n) is 2.82. The van der Waals surface area contributed by atoms with Crippen LogP contribution in [0.2, 0.25) is 0 Å². The van der Waals surface area contributed by atoms with Gasteiger partial charge in [-0.2, -0.15) is 0 Å². The number of carbonyl (C=O) groups is 1. The van der Waals surface area contributed by atoms with Gasteiger partial charge in [-0.3, -0.25) is 4.90 Å². The van der Waals surface area contributed by atoms with E-state index in [1.54, 1.807) is 24.3 Å².